The van der Waals surface area contributed by atoms with Gasteiger partial charge in [0.05, 0.1) is 29.6 Å². The van der Waals surface area contributed by atoms with Crippen LogP contribution in [-0.4, -0.2) is 44.5 Å². The Balaban J connectivity index is 2.15. The van der Waals surface area contributed by atoms with Gasteiger partial charge in [-0.2, -0.15) is 5.10 Å². The lowest BCUT2D eigenvalue weighted by Crippen LogP contribution is -2.20. The van der Waals surface area contributed by atoms with E-state index in [9.17, 15) is 9.59 Å². The Hall–Kier alpha value is -3.02. The molecule has 2 aromatic carbocycles. The minimum absolute atomic E-state index is 0.259. The Morgan fingerprint density at radius 1 is 0.969 bits per heavy atom. The number of nitrogens with one attached hydrogen (secondary N) is 1. The Kier molecular flexibility index (Phi) is 10.1. The molecule has 0 heterocycles. The summed E-state index contributed by atoms with van der Waals surface area (Å²) in [6.45, 7) is 6.65. The first-order chi connectivity index (χ1) is 15.4. The molecule has 0 spiro atoms. The molecule has 3 N–H and O–H groups in total. The molecular weight excluding hydrogens is 529 g/mol. The van der Waals surface area contributed by atoms with E-state index in [1.54, 1.807) is 30.3 Å². The number of amides is 2. The lowest BCUT2D eigenvalue weighted by Gasteiger charge is -2.13. The maximum Gasteiger partial charge on any atom is 0.271 e. The number of ether oxygens (including phenoxy) is 4. The van der Waals surface area contributed by atoms with Crippen molar-refractivity contribution in [1.82, 2.24) is 5.43 Å². The SMILES string of the molecule is CCOc1ccc(C(=O)N/N=C/c2cc(I)c(OCC(N)=O)c(OCC)c2)cc1OCC. The van der Waals surface area contributed by atoms with Crippen LogP contribution in [0.3, 0.4) is 0 Å². The van der Waals surface area contributed by atoms with E-state index in [0.29, 0.717) is 57.5 Å². The molecule has 0 bridgehead atoms. The van der Waals surface area contributed by atoms with Gasteiger partial charge in [-0.3, -0.25) is 9.59 Å². The zero-order valence-corrected chi connectivity index (χ0v) is 20.3. The van der Waals surface area contributed by atoms with Gasteiger partial charge < -0.3 is 24.7 Å². The monoisotopic (exact) mass is 555 g/mol. The van der Waals surface area contributed by atoms with Crippen molar-refractivity contribution in [1.29, 1.82) is 0 Å². The summed E-state index contributed by atoms with van der Waals surface area (Å²) in [5.41, 5.74) is 8.70. The predicted octanol–water partition coefficient (Wildman–Crippen LogP) is 3.12. The van der Waals surface area contributed by atoms with Crippen LogP contribution in [0, 0.1) is 3.57 Å². The molecule has 2 aromatic rings. The topological polar surface area (TPSA) is 121 Å². The maximum absolute atomic E-state index is 12.5. The molecule has 172 valence electrons. The highest BCUT2D eigenvalue weighted by Gasteiger charge is 2.14. The van der Waals surface area contributed by atoms with E-state index in [0.717, 1.165) is 0 Å². The second-order valence-corrected chi connectivity index (χ2v) is 7.41. The first-order valence-corrected chi connectivity index (χ1v) is 11.1. The molecule has 9 nitrogen and oxygen atoms in total. The van der Waals surface area contributed by atoms with Crippen molar-refractivity contribution >= 4 is 40.6 Å². The van der Waals surface area contributed by atoms with Crippen LogP contribution in [0.4, 0.5) is 0 Å². The number of benzene rings is 2. The lowest BCUT2D eigenvalue weighted by molar-refractivity contribution is -0.120. The molecule has 0 radical (unpaired) electrons. The Bertz CT molecular complexity index is 980. The molecule has 0 aromatic heterocycles. The molecule has 0 aliphatic carbocycles. The molecular formula is C22H26IN3O6. The van der Waals surface area contributed by atoms with Crippen molar-refractivity contribution in [2.24, 2.45) is 10.8 Å². The summed E-state index contributed by atoms with van der Waals surface area (Å²) in [5, 5.41) is 4.03. The van der Waals surface area contributed by atoms with Crippen LogP contribution in [-0.2, 0) is 4.79 Å². The molecule has 2 amide bonds. The number of halogens is 1. The van der Waals surface area contributed by atoms with E-state index >= 15 is 0 Å². The third kappa shape index (κ3) is 7.29. The van der Waals surface area contributed by atoms with Crippen LogP contribution in [0.1, 0.15) is 36.7 Å². The van der Waals surface area contributed by atoms with Gasteiger partial charge in [0.2, 0.25) is 0 Å². The minimum atomic E-state index is -0.585. The van der Waals surface area contributed by atoms with E-state index < -0.39 is 11.8 Å². The highest BCUT2D eigenvalue weighted by atomic mass is 127. The number of nitrogens with two attached hydrogens (primary N) is 1. The Morgan fingerprint density at radius 2 is 1.62 bits per heavy atom. The third-order valence-electron chi connectivity index (χ3n) is 3.88. The lowest BCUT2D eigenvalue weighted by atomic mass is 10.2. The highest BCUT2D eigenvalue weighted by Crippen LogP contribution is 2.34. The molecule has 0 aliphatic rings. The summed E-state index contributed by atoms with van der Waals surface area (Å²) >= 11 is 2.06. The molecule has 10 heteroatoms. The maximum atomic E-state index is 12.5. The second kappa shape index (κ2) is 12.7. The van der Waals surface area contributed by atoms with Crippen molar-refractivity contribution in [3.05, 3.63) is 45.0 Å². The van der Waals surface area contributed by atoms with Crippen molar-refractivity contribution in [2.75, 3.05) is 26.4 Å². The minimum Gasteiger partial charge on any atom is -0.490 e. The smallest absolute Gasteiger partial charge is 0.271 e. The van der Waals surface area contributed by atoms with E-state index in [4.69, 9.17) is 24.7 Å². The molecule has 0 saturated heterocycles. The fourth-order valence-electron chi connectivity index (χ4n) is 2.63. The molecule has 0 atom stereocenters. The van der Waals surface area contributed by atoms with Gasteiger partial charge in [0.25, 0.3) is 11.8 Å². The van der Waals surface area contributed by atoms with Gasteiger partial charge in [0, 0.05) is 5.56 Å². The van der Waals surface area contributed by atoms with E-state index in [-0.39, 0.29) is 6.61 Å². The number of rotatable bonds is 12. The van der Waals surface area contributed by atoms with Gasteiger partial charge in [-0.05, 0) is 79.3 Å². The van der Waals surface area contributed by atoms with Crippen LogP contribution in [0.25, 0.3) is 0 Å². The first-order valence-electron chi connectivity index (χ1n) is 10.00. The van der Waals surface area contributed by atoms with Crippen LogP contribution in [0.2, 0.25) is 0 Å². The molecule has 32 heavy (non-hydrogen) atoms. The van der Waals surface area contributed by atoms with E-state index in [2.05, 4.69) is 33.1 Å². The number of hydrogen-bond acceptors (Lipinski definition) is 7. The molecule has 0 fully saturated rings. The summed E-state index contributed by atoms with van der Waals surface area (Å²) in [6.07, 6.45) is 1.48. The highest BCUT2D eigenvalue weighted by molar-refractivity contribution is 14.1. The molecule has 0 unspecified atom stereocenters. The second-order valence-electron chi connectivity index (χ2n) is 6.24. The summed E-state index contributed by atoms with van der Waals surface area (Å²) in [4.78, 5) is 23.5. The van der Waals surface area contributed by atoms with E-state index in [1.165, 1.54) is 6.21 Å². The van der Waals surface area contributed by atoms with Gasteiger partial charge in [-0.1, -0.05) is 0 Å². The average molecular weight is 555 g/mol. The summed E-state index contributed by atoms with van der Waals surface area (Å²) in [7, 11) is 0. The van der Waals surface area contributed by atoms with Crippen molar-refractivity contribution in [2.45, 2.75) is 20.8 Å². The zero-order valence-electron chi connectivity index (χ0n) is 18.1. The van der Waals surface area contributed by atoms with Crippen LogP contribution in [0.5, 0.6) is 23.0 Å². The summed E-state index contributed by atoms with van der Waals surface area (Å²) in [6, 6.07) is 8.41. The number of carbonyl (C=O) groups excluding carboxylic acids is 2. The fraction of sp³-hybridized carbons (Fsp3) is 0.318. The predicted molar refractivity (Wildman–Crippen MR) is 129 cm³/mol. The van der Waals surface area contributed by atoms with Gasteiger partial charge in [-0.25, -0.2) is 5.43 Å². The average Bonchev–Trinajstić information content (AvgIpc) is 2.74. The third-order valence-corrected chi connectivity index (χ3v) is 4.68. The van der Waals surface area contributed by atoms with Crippen molar-refractivity contribution in [3.8, 4) is 23.0 Å². The quantitative estimate of drug-likeness (QED) is 0.236. The van der Waals surface area contributed by atoms with Crippen LogP contribution < -0.4 is 30.1 Å². The summed E-state index contributed by atoms with van der Waals surface area (Å²) < 4.78 is 22.8. The molecule has 0 saturated carbocycles. The van der Waals surface area contributed by atoms with Crippen molar-refractivity contribution in [3.63, 3.8) is 0 Å². The van der Waals surface area contributed by atoms with Gasteiger partial charge >= 0.3 is 0 Å². The standard InChI is InChI=1S/C22H26IN3O6/c1-4-29-17-8-7-15(11-18(17)30-5-2)22(28)26-25-12-14-9-16(23)21(32-13-20(24)27)19(10-14)31-6-3/h7-12H,4-6,13H2,1-3H3,(H2,24,27)(H,26,28)/b25-12+. The Labute approximate surface area is 200 Å². The summed E-state index contributed by atoms with van der Waals surface area (Å²) in [5.74, 6) is 0.955. The number of carbonyl (C=O) groups is 2. The molecule has 2 rings (SSSR count). The van der Waals surface area contributed by atoms with Crippen molar-refractivity contribution < 1.29 is 28.5 Å². The molecule has 0 aliphatic heterocycles. The fourth-order valence-corrected chi connectivity index (χ4v) is 3.41. The number of primary amides is 1. The van der Waals surface area contributed by atoms with Crippen LogP contribution >= 0.6 is 22.6 Å². The van der Waals surface area contributed by atoms with Gasteiger partial charge in [0.15, 0.2) is 29.6 Å². The van der Waals surface area contributed by atoms with E-state index in [1.807, 2.05) is 20.8 Å². The van der Waals surface area contributed by atoms with Gasteiger partial charge in [0.1, 0.15) is 0 Å². The number of nitrogens with zero attached hydrogens (tertiary/aromatic N) is 1. The Morgan fingerprint density at radius 3 is 2.28 bits per heavy atom. The van der Waals surface area contributed by atoms with Gasteiger partial charge in [-0.15, -0.1) is 0 Å². The first kappa shape index (κ1) is 25.2. The number of hydrogen-bond donors (Lipinski definition) is 2. The largest absolute Gasteiger partial charge is 0.490 e. The number of hydrazone groups is 1. The zero-order chi connectivity index (χ0) is 23.5. The normalized spacial score (nSPS) is 10.6. The van der Waals surface area contributed by atoms with Crippen LogP contribution in [0.15, 0.2) is 35.4 Å².